The van der Waals surface area contributed by atoms with Gasteiger partial charge in [-0.3, -0.25) is 0 Å². The van der Waals surface area contributed by atoms with E-state index in [1.54, 1.807) is 0 Å². The molecule has 0 saturated carbocycles. The van der Waals surface area contributed by atoms with Crippen LogP contribution in [0.5, 0.6) is 0 Å². The zero-order valence-corrected chi connectivity index (χ0v) is 93.4. The molecular formula is C124H158N4Y4+4. The third-order valence-corrected chi connectivity index (χ3v) is 24.4. The van der Waals surface area contributed by atoms with Crippen LogP contribution in [0.3, 0.4) is 0 Å². The molecule has 682 valence electrons. The van der Waals surface area contributed by atoms with Gasteiger partial charge >= 0.3 is 0 Å². The minimum atomic E-state index is 0. The van der Waals surface area contributed by atoms with Crippen molar-refractivity contribution in [1.82, 2.24) is 0 Å². The van der Waals surface area contributed by atoms with Crippen molar-refractivity contribution in [2.24, 2.45) is 0 Å². The van der Waals surface area contributed by atoms with Gasteiger partial charge in [-0.1, -0.05) is 456 Å². The smallest absolute Gasteiger partial charge is 0.169 e. The average molecular weight is 2060 g/mol. The molecule has 0 saturated heterocycles. The summed E-state index contributed by atoms with van der Waals surface area (Å²) in [5.41, 5.74) is 22.5. The Kier molecular flexibility index (Phi) is 65.6. The van der Waals surface area contributed by atoms with Gasteiger partial charge in [0.2, 0.25) is 0 Å². The monoisotopic (exact) mass is 2060 g/mol. The van der Waals surface area contributed by atoms with Crippen molar-refractivity contribution in [3.8, 4) is 0 Å². The molecule has 0 bridgehead atoms. The summed E-state index contributed by atoms with van der Waals surface area (Å²) in [6.45, 7) is 18.0. The van der Waals surface area contributed by atoms with Crippen LogP contribution < -0.4 is 18.3 Å². The summed E-state index contributed by atoms with van der Waals surface area (Å²) in [4.78, 5) is 0. The first-order valence-corrected chi connectivity index (χ1v) is 50.4. The Labute approximate surface area is 902 Å². The maximum atomic E-state index is 2.36. The fourth-order valence-electron chi connectivity index (χ4n) is 17.0. The summed E-state index contributed by atoms with van der Waals surface area (Å²) < 4.78 is 9.37. The minimum absolute atomic E-state index is 0. The van der Waals surface area contributed by atoms with E-state index in [1.165, 1.54) is 325 Å². The van der Waals surface area contributed by atoms with Crippen molar-refractivity contribution in [2.75, 3.05) is 0 Å². The van der Waals surface area contributed by atoms with Gasteiger partial charge in [0, 0.05) is 205 Å². The first kappa shape index (κ1) is 116. The number of pyridine rings is 4. The average Bonchev–Trinajstić information content (AvgIpc) is 0.788. The van der Waals surface area contributed by atoms with E-state index >= 15 is 0 Å². The molecule has 12 rings (SSSR count). The third kappa shape index (κ3) is 44.3. The van der Waals surface area contributed by atoms with Crippen LogP contribution in [0.4, 0.5) is 0 Å². The Bertz CT molecular complexity index is 4770. The molecule has 0 N–H and O–H groups in total. The third-order valence-electron chi connectivity index (χ3n) is 24.4. The number of benzene rings is 8. The Morgan fingerprint density at radius 1 is 0.159 bits per heavy atom. The molecule has 8 aromatic carbocycles. The van der Waals surface area contributed by atoms with Gasteiger partial charge in [0.1, 0.15) is 26.2 Å². The standard InChI is InChI=1S/C44H60N2.C35H40N.C30H30N.C15H28.4Y/c1-3-5-7-9-11-13-15-23-33-45-35-29-41(30-36-45)43(39-25-19-17-20-26-39)44(40-27-21-18-22-28-40)42-31-37-46(38-32-42)34-24-16-14-12-10-8-6-4-2;1-2-3-4-5-6-7-8-18-27-36-28-25-33(26-29-36)35(32-23-16-11-17-24-32)34(30-19-12-9-13-20-30)31-21-14-10-15-22-31;1-2-3-13-22-31-23-20-28(21-24-31)30(27-18-11-6-12-19-27)29(25-14-7-4-8-15-25)26-16-9-5-10-17-26;1-3-5-7-9-11-13-15-14-12-10-8-6-4-2;;;;/h17-22,25-32,35-38H,3-16,23-24,33-34H2,1-2H3;9-17,19-26,28-29H,2-8,18,27H2,1H3;4-12,14-21,23-24H,2-3,13,22H2,1H3;11-14H,3-10,15H2,1-2H3;;;;/q+2;2*+1;;;;;/b44-43-;;;13-11+,14-12+;;;;. The normalized spacial score (nSPS) is 10.9. The van der Waals surface area contributed by atoms with Crippen LogP contribution >= 0.6 is 0 Å². The molecular weight excluding hydrogens is 1900 g/mol. The fraction of sp³-hybridized carbons (Fsp3) is 0.371. The fourth-order valence-corrected chi connectivity index (χ4v) is 17.0. The van der Waals surface area contributed by atoms with E-state index in [9.17, 15) is 0 Å². The molecule has 0 aliphatic rings. The molecule has 4 heterocycles. The maximum Gasteiger partial charge on any atom is 0.169 e. The Morgan fingerprint density at radius 3 is 0.470 bits per heavy atom. The molecule has 0 spiro atoms. The van der Waals surface area contributed by atoms with Crippen molar-refractivity contribution in [3.63, 3.8) is 0 Å². The number of nitrogens with zero attached hydrogens (tertiary/aromatic N) is 4. The summed E-state index contributed by atoms with van der Waals surface area (Å²) in [5, 5.41) is 0. The van der Waals surface area contributed by atoms with Crippen LogP contribution in [0.2, 0.25) is 0 Å². The number of aryl methyl sites for hydroxylation is 4. The Morgan fingerprint density at radius 2 is 0.295 bits per heavy atom. The van der Waals surface area contributed by atoms with Gasteiger partial charge in [-0.05, 0) is 158 Å². The number of rotatable bonds is 53. The van der Waals surface area contributed by atoms with Gasteiger partial charge < -0.3 is 0 Å². The quantitative estimate of drug-likeness (QED) is 0.0156. The van der Waals surface area contributed by atoms with Crippen LogP contribution in [-0.4, -0.2) is 0 Å². The molecule has 4 aromatic heterocycles. The van der Waals surface area contributed by atoms with Crippen molar-refractivity contribution in [2.45, 2.75) is 299 Å². The minimum Gasteiger partial charge on any atom is -0.205 e. The zero-order valence-electron chi connectivity index (χ0n) is 82.0. The van der Waals surface area contributed by atoms with Gasteiger partial charge in [0.05, 0.1) is 0 Å². The summed E-state index contributed by atoms with van der Waals surface area (Å²) in [5.74, 6) is 0. The molecule has 0 fully saturated rings. The molecule has 0 unspecified atom stereocenters. The molecule has 0 aliphatic carbocycles. The molecule has 0 atom stereocenters. The topological polar surface area (TPSA) is 15.5 Å². The first-order chi connectivity index (χ1) is 63.4. The predicted molar refractivity (Wildman–Crippen MR) is 552 cm³/mol. The molecule has 12 aromatic rings. The summed E-state index contributed by atoms with van der Waals surface area (Å²) >= 11 is 0. The van der Waals surface area contributed by atoms with Crippen molar-refractivity contribution >= 4 is 33.4 Å². The van der Waals surface area contributed by atoms with E-state index in [0.29, 0.717) is 0 Å². The Balaban J connectivity index is 0.000000325. The van der Waals surface area contributed by atoms with Gasteiger partial charge in [-0.15, -0.1) is 0 Å². The summed E-state index contributed by atoms with van der Waals surface area (Å²) in [6, 6.07) is 105. The molecule has 8 heteroatoms. The van der Waals surface area contributed by atoms with Crippen molar-refractivity contribution in [3.05, 3.63) is 432 Å². The van der Waals surface area contributed by atoms with Crippen LogP contribution in [0.1, 0.15) is 339 Å². The van der Waals surface area contributed by atoms with Crippen LogP contribution in [0.15, 0.2) is 365 Å². The number of hydrogen-bond donors (Lipinski definition) is 0. The predicted octanol–water partition coefficient (Wildman–Crippen LogP) is 33.5. The number of hydrogen-bond acceptors (Lipinski definition) is 0. The largest absolute Gasteiger partial charge is 0.205 e. The number of aromatic nitrogens is 4. The van der Waals surface area contributed by atoms with E-state index in [0.717, 1.165) is 32.6 Å². The van der Waals surface area contributed by atoms with Crippen molar-refractivity contribution in [1.29, 1.82) is 0 Å². The molecule has 132 heavy (non-hydrogen) atoms. The molecule has 0 aliphatic heterocycles. The number of allylic oxidation sites excluding steroid dienone is 4. The zero-order chi connectivity index (χ0) is 89.4. The molecule has 4 radical (unpaired) electrons. The second-order valence-corrected chi connectivity index (χ2v) is 34.8. The van der Waals surface area contributed by atoms with E-state index in [1.807, 2.05) is 0 Å². The van der Waals surface area contributed by atoms with Crippen LogP contribution in [-0.2, 0) is 157 Å². The van der Waals surface area contributed by atoms with Gasteiger partial charge in [-0.25, -0.2) is 18.3 Å². The van der Waals surface area contributed by atoms with Gasteiger partial charge in [0.15, 0.2) is 49.6 Å². The van der Waals surface area contributed by atoms with E-state index in [-0.39, 0.29) is 131 Å². The van der Waals surface area contributed by atoms with Crippen LogP contribution in [0.25, 0.3) is 33.4 Å². The second-order valence-electron chi connectivity index (χ2n) is 34.8. The van der Waals surface area contributed by atoms with Gasteiger partial charge in [-0.2, -0.15) is 0 Å². The second kappa shape index (κ2) is 74.6. The molecule has 4 nitrogen and oxygen atoms in total. The van der Waals surface area contributed by atoms with Crippen LogP contribution in [0, 0.1) is 0 Å². The van der Waals surface area contributed by atoms with Gasteiger partial charge in [0.25, 0.3) is 0 Å². The SMILES string of the molecule is CCCCC/C=C/C/C=C/CCCCC.CCCCCCCCCC[n+]1ccc(/C(=C(/c2ccccc2)c2cc[n+](CCCCCCCCCC)cc2)c2ccccc2)cc1.CCCCCCCCCC[n+]1ccc(C(=C(c2ccccc2)c2ccccc2)c2ccccc2)cc1.CCCCC[n+]1ccc(C(=C(c2ccccc2)c2ccccc2)c2ccccc2)cc1.[Y].[Y].[Y].[Y]. The van der Waals surface area contributed by atoms with E-state index < -0.39 is 0 Å². The Hall–Kier alpha value is -6.52. The summed E-state index contributed by atoms with van der Waals surface area (Å²) in [6.07, 6.45) is 75.3. The maximum absolute atomic E-state index is 2.36. The van der Waals surface area contributed by atoms with E-state index in [4.69, 9.17) is 0 Å². The number of unbranched alkanes of at least 4 members (excludes halogenated alkanes) is 29. The van der Waals surface area contributed by atoms with E-state index in [2.05, 4.69) is 425 Å². The molecule has 0 amide bonds. The van der Waals surface area contributed by atoms with Crippen molar-refractivity contribution < 1.29 is 149 Å². The summed E-state index contributed by atoms with van der Waals surface area (Å²) in [7, 11) is 0. The first-order valence-electron chi connectivity index (χ1n) is 50.4.